The number of piperidine rings is 1. The average Bonchev–Trinajstić information content (AvgIpc) is 2.47. The van der Waals surface area contributed by atoms with Crippen molar-refractivity contribution in [1.82, 2.24) is 5.32 Å². The van der Waals surface area contributed by atoms with Crippen LogP contribution in [-0.4, -0.2) is 19.4 Å². The summed E-state index contributed by atoms with van der Waals surface area (Å²) in [6.07, 6.45) is 12.1. The fourth-order valence-corrected chi connectivity index (χ4v) is 4.96. The van der Waals surface area contributed by atoms with E-state index in [9.17, 15) is 4.79 Å². The van der Waals surface area contributed by atoms with Gasteiger partial charge in [0.25, 0.3) is 0 Å². The van der Waals surface area contributed by atoms with Gasteiger partial charge in [0.1, 0.15) is 6.29 Å². The highest BCUT2D eigenvalue weighted by molar-refractivity contribution is 5.54. The molecule has 2 saturated carbocycles. The Bertz CT molecular complexity index is 285. The minimum atomic E-state index is 0.393. The summed E-state index contributed by atoms with van der Waals surface area (Å²) in [6, 6.07) is 0. The van der Waals surface area contributed by atoms with E-state index in [-0.39, 0.29) is 0 Å². The summed E-state index contributed by atoms with van der Waals surface area (Å²) in [5, 5.41) is 3.47. The zero-order chi connectivity index (χ0) is 12.4. The van der Waals surface area contributed by atoms with E-state index < -0.39 is 0 Å². The summed E-state index contributed by atoms with van der Waals surface area (Å²) in [6.45, 7) is 2.39. The molecule has 1 aliphatic heterocycles. The number of hydrogen-bond donors (Lipinski definition) is 1. The molecule has 0 spiro atoms. The lowest BCUT2D eigenvalue weighted by Crippen LogP contribution is -2.40. The van der Waals surface area contributed by atoms with E-state index in [1.54, 1.807) is 0 Å². The molecule has 4 unspecified atom stereocenters. The fraction of sp³-hybridized carbons (Fsp3) is 0.938. The van der Waals surface area contributed by atoms with Gasteiger partial charge in [0, 0.05) is 5.92 Å². The first-order chi connectivity index (χ1) is 8.88. The van der Waals surface area contributed by atoms with Gasteiger partial charge in [-0.15, -0.1) is 0 Å². The number of carbonyl (C=O) groups is 1. The third-order valence-corrected chi connectivity index (χ3v) is 5.92. The van der Waals surface area contributed by atoms with Gasteiger partial charge in [-0.05, 0) is 68.9 Å². The zero-order valence-electron chi connectivity index (χ0n) is 11.4. The van der Waals surface area contributed by atoms with Crippen LogP contribution in [0.1, 0.15) is 51.4 Å². The molecule has 1 N–H and O–H groups in total. The van der Waals surface area contributed by atoms with Crippen molar-refractivity contribution in [2.45, 2.75) is 51.4 Å². The van der Waals surface area contributed by atoms with Crippen molar-refractivity contribution >= 4 is 6.29 Å². The zero-order valence-corrected chi connectivity index (χ0v) is 11.4. The summed E-state index contributed by atoms with van der Waals surface area (Å²) >= 11 is 0. The topological polar surface area (TPSA) is 29.1 Å². The largest absolute Gasteiger partial charge is 0.317 e. The molecule has 2 nitrogen and oxygen atoms in total. The number of aldehydes is 1. The van der Waals surface area contributed by atoms with Crippen molar-refractivity contribution in [2.24, 2.45) is 29.6 Å². The van der Waals surface area contributed by atoms with Gasteiger partial charge in [0.2, 0.25) is 0 Å². The number of nitrogens with one attached hydrogen (secondary N) is 1. The lowest BCUT2D eigenvalue weighted by Gasteiger charge is -2.45. The van der Waals surface area contributed by atoms with Crippen LogP contribution in [0.5, 0.6) is 0 Å². The first-order valence-electron chi connectivity index (χ1n) is 8.04. The molecule has 2 aliphatic carbocycles. The van der Waals surface area contributed by atoms with Crippen LogP contribution in [0.15, 0.2) is 0 Å². The minimum absolute atomic E-state index is 0.393. The quantitative estimate of drug-likeness (QED) is 0.762. The van der Waals surface area contributed by atoms with Crippen LogP contribution in [0.3, 0.4) is 0 Å². The van der Waals surface area contributed by atoms with Crippen molar-refractivity contribution < 1.29 is 4.79 Å². The van der Waals surface area contributed by atoms with Crippen molar-refractivity contribution in [2.75, 3.05) is 13.1 Å². The number of fused-ring (bicyclic) bond motifs is 1. The lowest BCUT2D eigenvalue weighted by molar-refractivity contribution is -0.116. The maximum absolute atomic E-state index is 11.4. The Morgan fingerprint density at radius 2 is 1.61 bits per heavy atom. The molecule has 2 heteroatoms. The molecule has 0 aromatic heterocycles. The number of carbonyl (C=O) groups excluding carboxylic acids is 1. The van der Waals surface area contributed by atoms with Crippen LogP contribution in [-0.2, 0) is 4.79 Å². The molecule has 3 rings (SSSR count). The molecule has 0 aromatic carbocycles. The van der Waals surface area contributed by atoms with E-state index in [2.05, 4.69) is 5.32 Å². The third-order valence-electron chi connectivity index (χ3n) is 5.92. The van der Waals surface area contributed by atoms with Gasteiger partial charge in [0.05, 0.1) is 0 Å². The molecule has 4 atom stereocenters. The second-order valence-electron chi connectivity index (χ2n) is 6.83. The standard InChI is InChI=1S/C16H27NO/c18-11-15-10-14(12-5-7-17-8-6-12)9-13-3-1-2-4-16(13)15/h11-17H,1-10H2. The molecule has 1 heterocycles. The van der Waals surface area contributed by atoms with E-state index in [4.69, 9.17) is 0 Å². The Morgan fingerprint density at radius 3 is 2.39 bits per heavy atom. The third kappa shape index (κ3) is 2.49. The minimum Gasteiger partial charge on any atom is -0.317 e. The molecule has 18 heavy (non-hydrogen) atoms. The van der Waals surface area contributed by atoms with Crippen LogP contribution in [0.4, 0.5) is 0 Å². The summed E-state index contributed by atoms with van der Waals surface area (Å²) in [5.41, 5.74) is 0. The molecule has 3 fully saturated rings. The van der Waals surface area contributed by atoms with E-state index in [0.717, 1.165) is 23.7 Å². The maximum Gasteiger partial charge on any atom is 0.123 e. The lowest BCUT2D eigenvalue weighted by atomic mass is 9.60. The van der Waals surface area contributed by atoms with Crippen LogP contribution in [0, 0.1) is 29.6 Å². The Labute approximate surface area is 111 Å². The van der Waals surface area contributed by atoms with Crippen LogP contribution in [0.25, 0.3) is 0 Å². The Morgan fingerprint density at radius 1 is 0.833 bits per heavy atom. The van der Waals surface area contributed by atoms with Gasteiger partial charge in [-0.2, -0.15) is 0 Å². The number of rotatable bonds is 2. The van der Waals surface area contributed by atoms with Crippen LogP contribution >= 0.6 is 0 Å². The number of hydrogen-bond acceptors (Lipinski definition) is 2. The second kappa shape index (κ2) is 5.73. The van der Waals surface area contributed by atoms with E-state index in [1.807, 2.05) is 0 Å². The summed E-state index contributed by atoms with van der Waals surface area (Å²) in [4.78, 5) is 11.4. The molecule has 0 amide bonds. The van der Waals surface area contributed by atoms with Gasteiger partial charge in [-0.1, -0.05) is 19.3 Å². The van der Waals surface area contributed by atoms with Gasteiger partial charge in [0.15, 0.2) is 0 Å². The molecule has 0 aromatic rings. The maximum atomic E-state index is 11.4. The highest BCUT2D eigenvalue weighted by atomic mass is 16.1. The molecular weight excluding hydrogens is 222 g/mol. The smallest absolute Gasteiger partial charge is 0.123 e. The van der Waals surface area contributed by atoms with Crippen LogP contribution in [0.2, 0.25) is 0 Å². The molecule has 0 bridgehead atoms. The molecule has 0 radical (unpaired) electrons. The highest BCUT2D eigenvalue weighted by Crippen LogP contribution is 2.48. The Hall–Kier alpha value is -0.370. The van der Waals surface area contributed by atoms with Crippen LogP contribution < -0.4 is 5.32 Å². The average molecular weight is 249 g/mol. The van der Waals surface area contributed by atoms with Crippen molar-refractivity contribution in [3.05, 3.63) is 0 Å². The van der Waals surface area contributed by atoms with Gasteiger partial charge < -0.3 is 10.1 Å². The summed E-state index contributed by atoms with van der Waals surface area (Å²) in [7, 11) is 0. The van der Waals surface area contributed by atoms with Gasteiger partial charge in [-0.25, -0.2) is 0 Å². The first-order valence-corrected chi connectivity index (χ1v) is 8.04. The Balaban J connectivity index is 1.67. The SMILES string of the molecule is O=CC1CC(C2CCNCC2)CC2CCCCC12. The Kier molecular flexibility index (Phi) is 4.03. The highest BCUT2D eigenvalue weighted by Gasteiger charge is 2.41. The molecule has 102 valence electrons. The molecule has 3 aliphatic rings. The predicted octanol–water partition coefficient (Wildman–Crippen LogP) is 3.02. The fourth-order valence-electron chi connectivity index (χ4n) is 4.96. The first kappa shape index (κ1) is 12.7. The van der Waals surface area contributed by atoms with E-state index in [1.165, 1.54) is 70.7 Å². The summed E-state index contributed by atoms with van der Waals surface area (Å²) in [5.74, 6) is 3.76. The molecule has 1 saturated heterocycles. The van der Waals surface area contributed by atoms with Crippen molar-refractivity contribution in [1.29, 1.82) is 0 Å². The summed E-state index contributed by atoms with van der Waals surface area (Å²) < 4.78 is 0. The normalized spacial score (nSPS) is 42.2. The monoisotopic (exact) mass is 249 g/mol. The predicted molar refractivity (Wildman–Crippen MR) is 73.3 cm³/mol. The second-order valence-corrected chi connectivity index (χ2v) is 6.83. The van der Waals surface area contributed by atoms with Gasteiger partial charge >= 0.3 is 0 Å². The van der Waals surface area contributed by atoms with Crippen molar-refractivity contribution in [3.8, 4) is 0 Å². The van der Waals surface area contributed by atoms with E-state index >= 15 is 0 Å². The van der Waals surface area contributed by atoms with Crippen molar-refractivity contribution in [3.63, 3.8) is 0 Å². The van der Waals surface area contributed by atoms with Gasteiger partial charge in [-0.3, -0.25) is 0 Å². The molecular formula is C16H27NO. The van der Waals surface area contributed by atoms with E-state index in [0.29, 0.717) is 5.92 Å².